The summed E-state index contributed by atoms with van der Waals surface area (Å²) in [5.41, 5.74) is 7.79. The summed E-state index contributed by atoms with van der Waals surface area (Å²) in [5.74, 6) is -0.302. The van der Waals surface area contributed by atoms with Gasteiger partial charge in [0.2, 0.25) is 10.0 Å². The number of nitrogens with one attached hydrogen (secondary N) is 1. The maximum Gasteiger partial charge on any atom is 0.241 e. The number of nitrogen functional groups attached to an aromatic ring is 1. The number of sulfonamides is 1. The van der Waals surface area contributed by atoms with Crippen molar-refractivity contribution in [3.8, 4) is 22.4 Å². The summed E-state index contributed by atoms with van der Waals surface area (Å²) >= 11 is 0. The molecular weight excluding hydrogens is 415 g/mol. The summed E-state index contributed by atoms with van der Waals surface area (Å²) in [6, 6.07) is 20.2. The van der Waals surface area contributed by atoms with E-state index in [9.17, 15) is 12.8 Å². The molecule has 0 aliphatic rings. The summed E-state index contributed by atoms with van der Waals surface area (Å²) in [6.07, 6.45) is 2.74. The predicted molar refractivity (Wildman–Crippen MR) is 118 cm³/mol. The van der Waals surface area contributed by atoms with E-state index < -0.39 is 15.8 Å². The molecule has 0 bridgehead atoms. The summed E-state index contributed by atoms with van der Waals surface area (Å²) in [6.45, 7) is 0.153. The van der Waals surface area contributed by atoms with Crippen molar-refractivity contribution in [2.75, 3.05) is 5.73 Å². The molecule has 1 aromatic heterocycles. The molecule has 3 N–H and O–H groups in total. The van der Waals surface area contributed by atoms with E-state index in [2.05, 4.69) is 14.7 Å². The van der Waals surface area contributed by atoms with Crippen molar-refractivity contribution in [2.45, 2.75) is 11.4 Å². The van der Waals surface area contributed by atoms with Gasteiger partial charge in [0.25, 0.3) is 0 Å². The first kappa shape index (κ1) is 20.6. The van der Waals surface area contributed by atoms with Gasteiger partial charge in [-0.25, -0.2) is 22.5 Å². The number of hydrogen-bond donors (Lipinski definition) is 2. The molecule has 0 aliphatic heterocycles. The molecule has 156 valence electrons. The van der Waals surface area contributed by atoms with Gasteiger partial charge in [-0.05, 0) is 29.3 Å². The maximum atomic E-state index is 14.9. The van der Waals surface area contributed by atoms with Gasteiger partial charge in [0, 0.05) is 17.7 Å². The zero-order valence-corrected chi connectivity index (χ0v) is 17.2. The molecule has 0 atom stereocenters. The van der Waals surface area contributed by atoms with Gasteiger partial charge in [0.15, 0.2) is 0 Å². The Morgan fingerprint density at radius 2 is 1.61 bits per heavy atom. The molecule has 0 aliphatic carbocycles. The van der Waals surface area contributed by atoms with Crippen molar-refractivity contribution in [1.29, 1.82) is 0 Å². The molecule has 0 saturated carbocycles. The second kappa shape index (κ2) is 8.63. The Balaban J connectivity index is 1.66. The van der Waals surface area contributed by atoms with E-state index in [0.29, 0.717) is 16.8 Å². The van der Waals surface area contributed by atoms with Crippen molar-refractivity contribution in [3.63, 3.8) is 0 Å². The van der Waals surface area contributed by atoms with Crippen LogP contribution < -0.4 is 10.5 Å². The van der Waals surface area contributed by atoms with Gasteiger partial charge in [-0.15, -0.1) is 0 Å². The van der Waals surface area contributed by atoms with Crippen LogP contribution >= 0.6 is 0 Å². The lowest BCUT2D eigenvalue weighted by Gasteiger charge is -2.13. The van der Waals surface area contributed by atoms with Crippen molar-refractivity contribution in [1.82, 2.24) is 14.7 Å². The molecule has 31 heavy (non-hydrogen) atoms. The van der Waals surface area contributed by atoms with Gasteiger partial charge < -0.3 is 5.73 Å². The SMILES string of the molecule is Nc1cnc(-c2ccc(-c3ccccc3S(=O)(=O)NCc3ccccc3)cc2F)cn1. The molecule has 6 nitrogen and oxygen atoms in total. The van der Waals surface area contributed by atoms with E-state index in [4.69, 9.17) is 5.73 Å². The summed E-state index contributed by atoms with van der Waals surface area (Å²) < 4.78 is 43.4. The largest absolute Gasteiger partial charge is 0.382 e. The Morgan fingerprint density at radius 1 is 0.871 bits per heavy atom. The van der Waals surface area contributed by atoms with Crippen LogP contribution in [0.2, 0.25) is 0 Å². The lowest BCUT2D eigenvalue weighted by Crippen LogP contribution is -2.23. The molecule has 0 saturated heterocycles. The quantitative estimate of drug-likeness (QED) is 0.478. The van der Waals surface area contributed by atoms with Crippen LogP contribution in [0.3, 0.4) is 0 Å². The number of rotatable bonds is 6. The van der Waals surface area contributed by atoms with E-state index in [1.54, 1.807) is 30.3 Å². The van der Waals surface area contributed by atoms with Gasteiger partial charge in [0.1, 0.15) is 11.6 Å². The third-order valence-electron chi connectivity index (χ3n) is 4.71. The second-order valence-corrected chi connectivity index (χ2v) is 8.56. The van der Waals surface area contributed by atoms with Crippen molar-refractivity contribution >= 4 is 15.8 Å². The molecular formula is C23H19FN4O2S. The van der Waals surface area contributed by atoms with Gasteiger partial charge in [-0.1, -0.05) is 54.6 Å². The number of anilines is 1. The molecule has 8 heteroatoms. The van der Waals surface area contributed by atoms with Gasteiger partial charge in [0.05, 0.1) is 23.0 Å². The smallest absolute Gasteiger partial charge is 0.241 e. The van der Waals surface area contributed by atoms with Crippen molar-refractivity contribution in [2.24, 2.45) is 0 Å². The molecule has 4 rings (SSSR count). The van der Waals surface area contributed by atoms with Crippen molar-refractivity contribution < 1.29 is 12.8 Å². The molecule has 0 fully saturated rings. The Kier molecular flexibility index (Phi) is 5.75. The fraction of sp³-hybridized carbons (Fsp3) is 0.0435. The molecule has 0 spiro atoms. The van der Waals surface area contributed by atoms with Crippen LogP contribution in [0.4, 0.5) is 10.2 Å². The van der Waals surface area contributed by atoms with Crippen LogP contribution in [-0.2, 0) is 16.6 Å². The highest BCUT2D eigenvalue weighted by atomic mass is 32.2. The first-order valence-corrected chi connectivity index (χ1v) is 10.9. The number of aromatic nitrogens is 2. The number of benzene rings is 3. The van der Waals surface area contributed by atoms with E-state index in [1.165, 1.54) is 24.5 Å². The number of hydrogen-bond acceptors (Lipinski definition) is 5. The summed E-state index contributed by atoms with van der Waals surface area (Å²) in [7, 11) is -3.83. The first-order chi connectivity index (χ1) is 14.9. The fourth-order valence-electron chi connectivity index (χ4n) is 3.16. The molecule has 4 aromatic rings. The second-order valence-electron chi connectivity index (χ2n) is 6.83. The Bertz CT molecular complexity index is 1310. The van der Waals surface area contributed by atoms with E-state index >= 15 is 0 Å². The normalized spacial score (nSPS) is 11.4. The maximum absolute atomic E-state index is 14.9. The van der Waals surface area contributed by atoms with Crippen LogP contribution in [-0.4, -0.2) is 18.4 Å². The lowest BCUT2D eigenvalue weighted by atomic mass is 10.0. The zero-order valence-electron chi connectivity index (χ0n) is 16.4. The average molecular weight is 434 g/mol. The molecule has 1 heterocycles. The summed E-state index contributed by atoms with van der Waals surface area (Å²) in [4.78, 5) is 8.09. The van der Waals surface area contributed by atoms with E-state index in [1.807, 2.05) is 30.3 Å². The topological polar surface area (TPSA) is 98.0 Å². The van der Waals surface area contributed by atoms with E-state index in [0.717, 1.165) is 5.56 Å². The van der Waals surface area contributed by atoms with Crippen LogP contribution in [0.15, 0.2) is 90.1 Å². The number of nitrogens with two attached hydrogens (primary N) is 1. The average Bonchev–Trinajstić information content (AvgIpc) is 2.79. The molecule has 0 unspecified atom stereocenters. The monoisotopic (exact) mass is 434 g/mol. The van der Waals surface area contributed by atoms with Crippen LogP contribution in [0.25, 0.3) is 22.4 Å². The molecule has 3 aromatic carbocycles. The lowest BCUT2D eigenvalue weighted by molar-refractivity contribution is 0.581. The molecule has 0 radical (unpaired) electrons. The summed E-state index contributed by atoms with van der Waals surface area (Å²) in [5, 5.41) is 0. The Labute approximate surface area is 179 Å². The van der Waals surface area contributed by atoms with Crippen LogP contribution in [0, 0.1) is 5.82 Å². The fourth-order valence-corrected chi connectivity index (χ4v) is 4.40. The minimum absolute atomic E-state index is 0.0744. The van der Waals surface area contributed by atoms with Crippen LogP contribution in [0.1, 0.15) is 5.56 Å². The molecule has 0 amide bonds. The highest BCUT2D eigenvalue weighted by molar-refractivity contribution is 7.89. The highest BCUT2D eigenvalue weighted by Gasteiger charge is 2.20. The standard InChI is InChI=1S/C23H19FN4O2S/c24-20-12-17(10-11-19(20)21-14-27-23(25)15-26-21)18-8-4-5-9-22(18)31(29,30)28-13-16-6-2-1-3-7-16/h1-12,14-15,28H,13H2,(H2,25,27). The van der Waals surface area contributed by atoms with E-state index in [-0.39, 0.29) is 22.8 Å². The Morgan fingerprint density at radius 3 is 2.32 bits per heavy atom. The zero-order chi connectivity index (χ0) is 21.8. The Hall–Kier alpha value is -3.62. The van der Waals surface area contributed by atoms with Gasteiger partial charge in [-0.2, -0.15) is 0 Å². The highest BCUT2D eigenvalue weighted by Crippen LogP contribution is 2.31. The van der Waals surface area contributed by atoms with Crippen molar-refractivity contribution in [3.05, 3.63) is 96.6 Å². The first-order valence-electron chi connectivity index (χ1n) is 9.44. The van der Waals surface area contributed by atoms with Crippen LogP contribution in [0.5, 0.6) is 0 Å². The van der Waals surface area contributed by atoms with Gasteiger partial charge in [-0.3, -0.25) is 4.98 Å². The number of nitrogens with zero attached hydrogens (tertiary/aromatic N) is 2. The minimum Gasteiger partial charge on any atom is -0.382 e. The van der Waals surface area contributed by atoms with Gasteiger partial charge >= 0.3 is 0 Å². The third-order valence-corrected chi connectivity index (χ3v) is 6.17. The third kappa shape index (κ3) is 4.60. The number of halogens is 1. The predicted octanol–water partition coefficient (Wildman–Crippen LogP) is 4.01. The minimum atomic E-state index is -3.83.